The van der Waals surface area contributed by atoms with Crippen molar-refractivity contribution in [3.05, 3.63) is 29.8 Å². The van der Waals surface area contributed by atoms with Crippen molar-refractivity contribution in [2.45, 2.75) is 13.3 Å². The SMILES string of the molecule is CCCOCC(=O)c1ccc(N)cc1. The van der Waals surface area contributed by atoms with Crippen molar-refractivity contribution in [3.63, 3.8) is 0 Å². The third-order valence-corrected chi connectivity index (χ3v) is 1.81. The lowest BCUT2D eigenvalue weighted by Gasteiger charge is -2.02. The van der Waals surface area contributed by atoms with Crippen LogP contribution in [0.15, 0.2) is 24.3 Å². The highest BCUT2D eigenvalue weighted by Gasteiger charge is 2.04. The van der Waals surface area contributed by atoms with Gasteiger partial charge in [0.25, 0.3) is 0 Å². The lowest BCUT2D eigenvalue weighted by atomic mass is 10.1. The van der Waals surface area contributed by atoms with Crippen molar-refractivity contribution < 1.29 is 9.53 Å². The highest BCUT2D eigenvalue weighted by molar-refractivity contribution is 5.97. The molecule has 0 saturated carbocycles. The predicted octanol–water partition coefficient (Wildman–Crippen LogP) is 1.88. The van der Waals surface area contributed by atoms with Crippen LogP contribution < -0.4 is 5.73 Å². The number of carbonyl (C=O) groups is 1. The molecule has 0 aliphatic carbocycles. The van der Waals surface area contributed by atoms with Crippen LogP contribution in [-0.4, -0.2) is 19.0 Å². The second-order valence-electron chi connectivity index (χ2n) is 3.10. The van der Waals surface area contributed by atoms with E-state index in [-0.39, 0.29) is 12.4 Å². The summed E-state index contributed by atoms with van der Waals surface area (Å²) in [6, 6.07) is 6.86. The van der Waals surface area contributed by atoms with E-state index in [0.29, 0.717) is 17.9 Å². The van der Waals surface area contributed by atoms with E-state index in [0.717, 1.165) is 6.42 Å². The van der Waals surface area contributed by atoms with Gasteiger partial charge in [-0.3, -0.25) is 4.79 Å². The average Bonchev–Trinajstić information content (AvgIpc) is 2.19. The zero-order valence-corrected chi connectivity index (χ0v) is 8.32. The number of anilines is 1. The fourth-order valence-corrected chi connectivity index (χ4v) is 1.06. The summed E-state index contributed by atoms with van der Waals surface area (Å²) in [5.74, 6) is -0.00144. The molecule has 2 N–H and O–H groups in total. The molecule has 1 rings (SSSR count). The number of benzene rings is 1. The van der Waals surface area contributed by atoms with Crippen molar-refractivity contribution in [1.29, 1.82) is 0 Å². The van der Waals surface area contributed by atoms with Gasteiger partial charge < -0.3 is 10.5 Å². The molecule has 3 heteroatoms. The molecule has 14 heavy (non-hydrogen) atoms. The summed E-state index contributed by atoms with van der Waals surface area (Å²) in [6.07, 6.45) is 0.926. The number of hydrogen-bond acceptors (Lipinski definition) is 3. The maximum atomic E-state index is 11.5. The summed E-state index contributed by atoms with van der Waals surface area (Å²) in [5.41, 5.74) is 6.82. The summed E-state index contributed by atoms with van der Waals surface area (Å²) in [6.45, 7) is 2.78. The Morgan fingerprint density at radius 1 is 1.36 bits per heavy atom. The Morgan fingerprint density at radius 3 is 2.57 bits per heavy atom. The van der Waals surface area contributed by atoms with Gasteiger partial charge in [0.2, 0.25) is 0 Å². The topological polar surface area (TPSA) is 52.3 Å². The van der Waals surface area contributed by atoms with Crippen LogP contribution in [0.4, 0.5) is 5.69 Å². The maximum Gasteiger partial charge on any atom is 0.188 e. The van der Waals surface area contributed by atoms with Crippen LogP contribution in [-0.2, 0) is 4.74 Å². The van der Waals surface area contributed by atoms with Gasteiger partial charge in [-0.1, -0.05) is 6.92 Å². The summed E-state index contributed by atoms with van der Waals surface area (Å²) in [7, 11) is 0. The van der Waals surface area contributed by atoms with Gasteiger partial charge in [-0.2, -0.15) is 0 Å². The second kappa shape index (κ2) is 5.40. The van der Waals surface area contributed by atoms with E-state index in [1.807, 2.05) is 6.92 Å². The third kappa shape index (κ3) is 3.18. The van der Waals surface area contributed by atoms with Crippen LogP contribution in [0.25, 0.3) is 0 Å². The molecule has 0 aliphatic rings. The van der Waals surface area contributed by atoms with Gasteiger partial charge >= 0.3 is 0 Å². The van der Waals surface area contributed by atoms with Gasteiger partial charge in [-0.15, -0.1) is 0 Å². The highest BCUT2D eigenvalue weighted by Crippen LogP contribution is 2.06. The molecule has 1 aromatic rings. The average molecular weight is 193 g/mol. The van der Waals surface area contributed by atoms with Crippen LogP contribution in [0, 0.1) is 0 Å². The lowest BCUT2D eigenvalue weighted by Crippen LogP contribution is -2.09. The Hall–Kier alpha value is -1.35. The smallest absolute Gasteiger partial charge is 0.188 e. The standard InChI is InChI=1S/C11H15NO2/c1-2-7-14-8-11(13)9-3-5-10(12)6-4-9/h3-6H,2,7-8,12H2,1H3. The quantitative estimate of drug-likeness (QED) is 0.441. The van der Waals surface area contributed by atoms with E-state index in [2.05, 4.69) is 0 Å². The first kappa shape index (κ1) is 10.7. The largest absolute Gasteiger partial charge is 0.399 e. The molecule has 0 fully saturated rings. The minimum Gasteiger partial charge on any atom is -0.399 e. The molecule has 0 bridgehead atoms. The number of hydrogen-bond donors (Lipinski definition) is 1. The maximum absolute atomic E-state index is 11.5. The lowest BCUT2D eigenvalue weighted by molar-refractivity contribution is 0.0761. The summed E-state index contributed by atoms with van der Waals surface area (Å²) in [5, 5.41) is 0. The van der Waals surface area contributed by atoms with Crippen molar-refractivity contribution in [2.75, 3.05) is 18.9 Å². The molecule has 0 aliphatic heterocycles. The summed E-state index contributed by atoms with van der Waals surface area (Å²) < 4.78 is 5.15. The van der Waals surface area contributed by atoms with Gasteiger partial charge in [0, 0.05) is 17.9 Å². The number of Topliss-reactive ketones (excluding diaryl/α,β-unsaturated/α-hetero) is 1. The van der Waals surface area contributed by atoms with Gasteiger partial charge in [0.1, 0.15) is 6.61 Å². The molecule has 0 unspecified atom stereocenters. The van der Waals surface area contributed by atoms with Crippen LogP contribution in [0.2, 0.25) is 0 Å². The Morgan fingerprint density at radius 2 is 2.00 bits per heavy atom. The molecule has 1 aromatic carbocycles. The zero-order chi connectivity index (χ0) is 10.4. The first-order valence-electron chi connectivity index (χ1n) is 4.70. The van der Waals surface area contributed by atoms with Gasteiger partial charge in [-0.25, -0.2) is 0 Å². The third-order valence-electron chi connectivity index (χ3n) is 1.81. The van der Waals surface area contributed by atoms with Gasteiger partial charge in [-0.05, 0) is 30.7 Å². The Kier molecular flexibility index (Phi) is 4.13. The normalized spacial score (nSPS) is 10.1. The first-order valence-corrected chi connectivity index (χ1v) is 4.70. The predicted molar refractivity (Wildman–Crippen MR) is 56.3 cm³/mol. The van der Waals surface area contributed by atoms with Crippen LogP contribution in [0.3, 0.4) is 0 Å². The fourth-order valence-electron chi connectivity index (χ4n) is 1.06. The molecule has 0 amide bonds. The van der Waals surface area contributed by atoms with Crippen LogP contribution in [0.5, 0.6) is 0 Å². The molecule has 3 nitrogen and oxygen atoms in total. The fraction of sp³-hybridized carbons (Fsp3) is 0.364. The first-order chi connectivity index (χ1) is 6.74. The van der Waals surface area contributed by atoms with Crippen molar-refractivity contribution >= 4 is 11.5 Å². The van der Waals surface area contributed by atoms with Crippen molar-refractivity contribution in [2.24, 2.45) is 0 Å². The van der Waals surface area contributed by atoms with Crippen molar-refractivity contribution in [3.8, 4) is 0 Å². The van der Waals surface area contributed by atoms with E-state index in [1.165, 1.54) is 0 Å². The van der Waals surface area contributed by atoms with Gasteiger partial charge in [0.15, 0.2) is 5.78 Å². The second-order valence-corrected chi connectivity index (χ2v) is 3.10. The molecule has 0 atom stereocenters. The van der Waals surface area contributed by atoms with E-state index < -0.39 is 0 Å². The van der Waals surface area contributed by atoms with E-state index in [9.17, 15) is 4.79 Å². The van der Waals surface area contributed by atoms with E-state index in [1.54, 1.807) is 24.3 Å². The zero-order valence-electron chi connectivity index (χ0n) is 8.32. The Bertz CT molecular complexity index is 293. The molecule has 0 spiro atoms. The number of carbonyl (C=O) groups excluding carboxylic acids is 1. The number of nitrogen functional groups attached to an aromatic ring is 1. The molecule has 76 valence electrons. The monoisotopic (exact) mass is 193 g/mol. The summed E-state index contributed by atoms with van der Waals surface area (Å²) in [4.78, 5) is 11.5. The molecular formula is C11H15NO2. The number of rotatable bonds is 5. The van der Waals surface area contributed by atoms with E-state index in [4.69, 9.17) is 10.5 Å². The number of nitrogens with two attached hydrogens (primary N) is 1. The highest BCUT2D eigenvalue weighted by atomic mass is 16.5. The van der Waals surface area contributed by atoms with Crippen molar-refractivity contribution in [1.82, 2.24) is 0 Å². The molecule has 0 radical (unpaired) electrons. The number of ketones is 1. The molecule has 0 saturated heterocycles. The molecule has 0 aromatic heterocycles. The Balaban J connectivity index is 2.48. The molecular weight excluding hydrogens is 178 g/mol. The number of ether oxygens (including phenoxy) is 1. The van der Waals surface area contributed by atoms with Gasteiger partial charge in [0.05, 0.1) is 0 Å². The van der Waals surface area contributed by atoms with Crippen LogP contribution in [0.1, 0.15) is 23.7 Å². The molecule has 0 heterocycles. The minimum absolute atomic E-state index is 0.00144. The van der Waals surface area contributed by atoms with Crippen LogP contribution >= 0.6 is 0 Å². The van der Waals surface area contributed by atoms with E-state index >= 15 is 0 Å². The summed E-state index contributed by atoms with van der Waals surface area (Å²) >= 11 is 0. The Labute approximate surface area is 83.9 Å². The minimum atomic E-state index is -0.00144.